The number of nitrogens with zero attached hydrogens (tertiary/aromatic N) is 1. The molecular formula is C28H38BNO6. The Balaban J connectivity index is 1.63. The van der Waals surface area contributed by atoms with Crippen molar-refractivity contribution in [3.05, 3.63) is 45.5 Å². The number of aryl methyl sites for hydroxylation is 2. The number of likely N-dealkylation sites (tertiary alicyclic amines) is 1. The largest absolute Gasteiger partial charge is 0.507 e. The Labute approximate surface area is 214 Å². The summed E-state index contributed by atoms with van der Waals surface area (Å²) < 4.78 is 11.6. The van der Waals surface area contributed by atoms with E-state index < -0.39 is 13.0 Å². The summed E-state index contributed by atoms with van der Waals surface area (Å²) in [5.41, 5.74) is 6.12. The third kappa shape index (κ3) is 5.04. The van der Waals surface area contributed by atoms with Gasteiger partial charge in [0.1, 0.15) is 5.75 Å². The maximum absolute atomic E-state index is 13.0. The van der Waals surface area contributed by atoms with Gasteiger partial charge in [0, 0.05) is 14.2 Å². The van der Waals surface area contributed by atoms with Crippen LogP contribution in [0.1, 0.15) is 55.7 Å². The van der Waals surface area contributed by atoms with Crippen LogP contribution in [0.4, 0.5) is 0 Å². The molecular weight excluding hydrogens is 457 g/mol. The molecule has 36 heavy (non-hydrogen) atoms. The first kappa shape index (κ1) is 26.6. The van der Waals surface area contributed by atoms with Gasteiger partial charge in [0.2, 0.25) is 11.8 Å². The van der Waals surface area contributed by atoms with E-state index >= 15 is 0 Å². The van der Waals surface area contributed by atoms with Crippen LogP contribution in [0.2, 0.25) is 6.32 Å². The van der Waals surface area contributed by atoms with Crippen LogP contribution in [0.25, 0.3) is 6.08 Å². The Morgan fingerprint density at radius 1 is 1.19 bits per heavy atom. The predicted octanol–water partition coefficient (Wildman–Crippen LogP) is 4.05. The third-order valence-electron chi connectivity index (χ3n) is 8.03. The SMILES string of the molecule is CCC/C(=C\c1cc(C)c(O)c(C)c1)CC[C@H]1OB(O)C[C@H]2C1=C(COC)C[C@H]1C(=O)N(C)C(=O)[C@H]12. The van der Waals surface area contributed by atoms with Crippen LogP contribution in [0, 0.1) is 31.6 Å². The van der Waals surface area contributed by atoms with Gasteiger partial charge in [-0.1, -0.05) is 25.0 Å². The number of phenolic OH excluding ortho intramolecular Hbond substituents is 1. The molecule has 2 heterocycles. The fraction of sp³-hybridized carbons (Fsp3) is 0.571. The highest BCUT2D eigenvalue weighted by atomic mass is 16.5. The molecule has 4 rings (SSSR count). The summed E-state index contributed by atoms with van der Waals surface area (Å²) in [7, 11) is 2.22. The average Bonchev–Trinajstić information content (AvgIpc) is 3.04. The van der Waals surface area contributed by atoms with E-state index in [0.717, 1.165) is 47.1 Å². The Hall–Kier alpha value is -2.42. The van der Waals surface area contributed by atoms with Crippen molar-refractivity contribution in [3.8, 4) is 5.75 Å². The lowest BCUT2D eigenvalue weighted by atomic mass is 9.58. The molecule has 0 saturated carbocycles. The van der Waals surface area contributed by atoms with Gasteiger partial charge in [-0.3, -0.25) is 14.5 Å². The lowest BCUT2D eigenvalue weighted by Crippen LogP contribution is -2.46. The van der Waals surface area contributed by atoms with Gasteiger partial charge in [-0.25, -0.2) is 0 Å². The highest BCUT2D eigenvalue weighted by Gasteiger charge is 2.56. The van der Waals surface area contributed by atoms with Crippen LogP contribution in [-0.2, 0) is 19.0 Å². The number of amides is 2. The number of carbonyl (C=O) groups excluding carboxylic acids is 2. The van der Waals surface area contributed by atoms with Crippen molar-refractivity contribution in [2.24, 2.45) is 17.8 Å². The molecule has 194 valence electrons. The molecule has 1 aromatic carbocycles. The van der Waals surface area contributed by atoms with E-state index in [1.54, 1.807) is 14.2 Å². The maximum atomic E-state index is 13.0. The summed E-state index contributed by atoms with van der Waals surface area (Å²) in [6.07, 6.45) is 6.06. The van der Waals surface area contributed by atoms with Gasteiger partial charge in [0.05, 0.1) is 24.5 Å². The zero-order chi connectivity index (χ0) is 26.1. The van der Waals surface area contributed by atoms with E-state index in [9.17, 15) is 19.7 Å². The summed E-state index contributed by atoms with van der Waals surface area (Å²) in [5, 5.41) is 20.8. The lowest BCUT2D eigenvalue weighted by Gasteiger charge is -2.43. The number of carbonyl (C=O) groups is 2. The van der Waals surface area contributed by atoms with E-state index in [-0.39, 0.29) is 29.8 Å². The standard InChI is InChI=1S/C28H38BNO6/c1-6-7-18(12-19-10-16(2)26(31)17(3)11-19)8-9-23-24-20(15-35-5)13-21-25(22(24)14-29(34)36-23)28(33)30(4)27(21)32/h10-12,21-23,25,31,34H,6-9,13-15H2,1-5H3/b18-12+/t21-,22+,23-,25-/m1/s1. The molecule has 0 spiro atoms. The zero-order valence-corrected chi connectivity index (χ0v) is 22.0. The van der Waals surface area contributed by atoms with Gasteiger partial charge in [0.15, 0.2) is 0 Å². The quantitative estimate of drug-likeness (QED) is 0.321. The minimum absolute atomic E-state index is 0.136. The molecule has 2 saturated heterocycles. The van der Waals surface area contributed by atoms with Crippen molar-refractivity contribution in [1.29, 1.82) is 0 Å². The molecule has 0 aromatic heterocycles. The van der Waals surface area contributed by atoms with E-state index in [1.165, 1.54) is 10.5 Å². The number of ether oxygens (including phenoxy) is 1. The predicted molar refractivity (Wildman–Crippen MR) is 139 cm³/mol. The second-order valence-electron chi connectivity index (χ2n) is 10.6. The number of imide groups is 1. The number of rotatable bonds is 8. The second kappa shape index (κ2) is 10.9. The highest BCUT2D eigenvalue weighted by Crippen LogP contribution is 2.50. The molecule has 2 N–H and O–H groups in total. The number of aromatic hydroxyl groups is 1. The van der Waals surface area contributed by atoms with Crippen LogP contribution in [-0.4, -0.2) is 60.8 Å². The molecule has 3 aliphatic rings. The van der Waals surface area contributed by atoms with Crippen molar-refractivity contribution in [2.75, 3.05) is 20.8 Å². The fourth-order valence-corrected chi connectivity index (χ4v) is 6.44. The van der Waals surface area contributed by atoms with E-state index in [0.29, 0.717) is 31.5 Å². The van der Waals surface area contributed by atoms with Crippen molar-refractivity contribution in [3.63, 3.8) is 0 Å². The topological polar surface area (TPSA) is 96.3 Å². The first-order chi connectivity index (χ1) is 17.2. The number of methoxy groups -OCH3 is 1. The van der Waals surface area contributed by atoms with E-state index in [4.69, 9.17) is 9.39 Å². The van der Waals surface area contributed by atoms with Gasteiger partial charge in [-0.15, -0.1) is 0 Å². The Bertz CT molecular complexity index is 1070. The number of hydrogen-bond donors (Lipinski definition) is 2. The second-order valence-corrected chi connectivity index (χ2v) is 10.6. The van der Waals surface area contributed by atoms with Gasteiger partial charge in [-0.05, 0) is 91.7 Å². The Kier molecular flexibility index (Phi) is 8.07. The van der Waals surface area contributed by atoms with Crippen molar-refractivity contribution >= 4 is 25.0 Å². The van der Waals surface area contributed by atoms with Gasteiger partial charge < -0.3 is 19.5 Å². The Morgan fingerprint density at radius 2 is 1.89 bits per heavy atom. The van der Waals surface area contributed by atoms with Crippen molar-refractivity contribution < 1.29 is 29.1 Å². The molecule has 8 heteroatoms. The Morgan fingerprint density at radius 3 is 2.53 bits per heavy atom. The number of allylic oxidation sites excluding steroid dienone is 1. The summed E-state index contributed by atoms with van der Waals surface area (Å²) in [5.74, 6) is -0.996. The molecule has 2 aliphatic heterocycles. The first-order valence-corrected chi connectivity index (χ1v) is 13.0. The number of fused-ring (bicyclic) bond motifs is 3. The third-order valence-corrected chi connectivity index (χ3v) is 8.03. The van der Waals surface area contributed by atoms with Crippen molar-refractivity contribution in [2.45, 2.75) is 65.3 Å². The molecule has 7 nitrogen and oxygen atoms in total. The number of benzene rings is 1. The average molecular weight is 495 g/mol. The summed E-state index contributed by atoms with van der Waals surface area (Å²) in [4.78, 5) is 27.1. The molecule has 0 radical (unpaired) electrons. The van der Waals surface area contributed by atoms with Crippen LogP contribution in [0.5, 0.6) is 5.75 Å². The van der Waals surface area contributed by atoms with Gasteiger partial charge in [-0.2, -0.15) is 0 Å². The van der Waals surface area contributed by atoms with E-state index in [2.05, 4.69) is 13.0 Å². The summed E-state index contributed by atoms with van der Waals surface area (Å²) in [6, 6.07) is 3.99. The highest BCUT2D eigenvalue weighted by molar-refractivity contribution is 6.43. The maximum Gasteiger partial charge on any atom is 0.455 e. The van der Waals surface area contributed by atoms with Crippen molar-refractivity contribution in [1.82, 2.24) is 4.90 Å². The van der Waals surface area contributed by atoms with Crippen LogP contribution < -0.4 is 0 Å². The zero-order valence-electron chi connectivity index (χ0n) is 22.0. The molecule has 1 aliphatic carbocycles. The molecule has 4 atom stereocenters. The van der Waals surface area contributed by atoms with Crippen LogP contribution >= 0.6 is 0 Å². The first-order valence-electron chi connectivity index (χ1n) is 13.0. The smallest absolute Gasteiger partial charge is 0.455 e. The fourth-order valence-electron chi connectivity index (χ4n) is 6.44. The van der Waals surface area contributed by atoms with Gasteiger partial charge >= 0.3 is 7.12 Å². The number of hydrogen-bond acceptors (Lipinski definition) is 6. The minimum Gasteiger partial charge on any atom is -0.507 e. The summed E-state index contributed by atoms with van der Waals surface area (Å²) >= 11 is 0. The number of phenols is 1. The van der Waals surface area contributed by atoms with Gasteiger partial charge in [0.25, 0.3) is 0 Å². The molecule has 1 aromatic rings. The normalized spacial score (nSPS) is 26.6. The monoisotopic (exact) mass is 495 g/mol. The van der Waals surface area contributed by atoms with Crippen LogP contribution in [0.3, 0.4) is 0 Å². The molecule has 0 bridgehead atoms. The van der Waals surface area contributed by atoms with E-state index in [1.807, 2.05) is 26.0 Å². The minimum atomic E-state index is -0.971. The molecule has 2 amide bonds. The molecule has 2 fully saturated rings. The lowest BCUT2D eigenvalue weighted by molar-refractivity contribution is -0.138. The molecule has 0 unspecified atom stereocenters. The summed E-state index contributed by atoms with van der Waals surface area (Å²) in [6.45, 7) is 6.35. The van der Waals surface area contributed by atoms with Crippen LogP contribution in [0.15, 0.2) is 28.9 Å².